The highest BCUT2D eigenvalue weighted by Gasteiger charge is 2.28. The normalized spacial score (nSPS) is 15.1. The van der Waals surface area contributed by atoms with E-state index in [-0.39, 0.29) is 11.9 Å². The van der Waals surface area contributed by atoms with Crippen LogP contribution in [0.5, 0.6) is 11.5 Å². The Hall–Kier alpha value is -2.24. The molecule has 162 valence electrons. The Morgan fingerprint density at radius 2 is 1.77 bits per heavy atom. The van der Waals surface area contributed by atoms with Crippen LogP contribution >= 0.6 is 11.6 Å². The fraction of sp³-hybridized carbons (Fsp3) is 0.458. The summed E-state index contributed by atoms with van der Waals surface area (Å²) < 4.78 is 10.9. The van der Waals surface area contributed by atoms with Crippen LogP contribution in [0.15, 0.2) is 42.5 Å². The first kappa shape index (κ1) is 22.4. The highest BCUT2D eigenvalue weighted by molar-refractivity contribution is 6.32. The van der Waals surface area contributed by atoms with E-state index in [1.165, 1.54) is 0 Å². The van der Waals surface area contributed by atoms with E-state index < -0.39 is 0 Å². The van der Waals surface area contributed by atoms with Crippen molar-refractivity contribution in [1.29, 1.82) is 0 Å². The summed E-state index contributed by atoms with van der Waals surface area (Å²) in [6.45, 7) is 4.80. The summed E-state index contributed by atoms with van der Waals surface area (Å²) in [4.78, 5) is 17.1. The summed E-state index contributed by atoms with van der Waals surface area (Å²) in [5, 5.41) is 0.556. The minimum Gasteiger partial charge on any atom is -0.496 e. The lowest BCUT2D eigenvalue weighted by molar-refractivity contribution is -0.119. The van der Waals surface area contributed by atoms with Gasteiger partial charge in [0.1, 0.15) is 11.5 Å². The molecule has 1 fully saturated rings. The minimum atomic E-state index is 0.192. The van der Waals surface area contributed by atoms with E-state index in [2.05, 4.69) is 4.90 Å². The number of rotatable bonds is 8. The van der Waals surface area contributed by atoms with Crippen molar-refractivity contribution in [3.8, 4) is 11.5 Å². The quantitative estimate of drug-likeness (QED) is 0.602. The van der Waals surface area contributed by atoms with E-state index in [4.69, 9.17) is 21.1 Å². The lowest BCUT2D eigenvalue weighted by Gasteiger charge is -2.38. The maximum absolute atomic E-state index is 12.6. The predicted molar refractivity (Wildman–Crippen MR) is 122 cm³/mol. The Labute approximate surface area is 184 Å². The smallest absolute Gasteiger partial charge is 0.226 e. The summed E-state index contributed by atoms with van der Waals surface area (Å²) in [5.74, 6) is 1.65. The molecule has 0 saturated carbocycles. The van der Waals surface area contributed by atoms with Gasteiger partial charge in [-0.25, -0.2) is 0 Å². The van der Waals surface area contributed by atoms with Gasteiger partial charge in [0.25, 0.3) is 0 Å². The maximum atomic E-state index is 12.6. The number of para-hydroxylation sites is 1. The van der Waals surface area contributed by atoms with Gasteiger partial charge in [-0.1, -0.05) is 36.7 Å². The molecule has 0 aliphatic carbocycles. The summed E-state index contributed by atoms with van der Waals surface area (Å²) in [7, 11) is 3.29. The second-order valence-electron chi connectivity index (χ2n) is 7.57. The van der Waals surface area contributed by atoms with Crippen LogP contribution in [0.1, 0.15) is 31.7 Å². The second kappa shape index (κ2) is 10.7. The molecule has 30 heavy (non-hydrogen) atoms. The molecule has 1 heterocycles. The Balaban J connectivity index is 1.61. The SMILES string of the molecule is CCC(=O)N(c1ccccc1)C1CCN(CCc2cc(OC)c(Cl)cc2OC)CC1. The fourth-order valence-corrected chi connectivity index (χ4v) is 4.35. The van der Waals surface area contributed by atoms with Gasteiger partial charge < -0.3 is 19.3 Å². The third-order valence-electron chi connectivity index (χ3n) is 5.78. The van der Waals surface area contributed by atoms with E-state index in [1.807, 2.05) is 54.3 Å². The monoisotopic (exact) mass is 430 g/mol. The van der Waals surface area contributed by atoms with Crippen LogP contribution in [-0.4, -0.2) is 50.7 Å². The summed E-state index contributed by atoms with van der Waals surface area (Å²) >= 11 is 6.22. The molecule has 0 unspecified atom stereocenters. The van der Waals surface area contributed by atoms with Crippen molar-refractivity contribution >= 4 is 23.2 Å². The van der Waals surface area contributed by atoms with Gasteiger partial charge in [0.15, 0.2) is 0 Å². The first-order chi connectivity index (χ1) is 14.6. The van der Waals surface area contributed by atoms with Crippen molar-refractivity contribution in [1.82, 2.24) is 4.90 Å². The van der Waals surface area contributed by atoms with Crippen molar-refractivity contribution in [2.24, 2.45) is 0 Å². The summed E-state index contributed by atoms with van der Waals surface area (Å²) in [6.07, 6.45) is 3.33. The molecular formula is C24H31ClN2O3. The Morgan fingerprint density at radius 1 is 1.10 bits per heavy atom. The number of likely N-dealkylation sites (tertiary alicyclic amines) is 1. The highest BCUT2D eigenvalue weighted by atomic mass is 35.5. The minimum absolute atomic E-state index is 0.192. The fourth-order valence-electron chi connectivity index (χ4n) is 4.12. The third-order valence-corrected chi connectivity index (χ3v) is 6.08. The molecule has 0 bridgehead atoms. The Bertz CT molecular complexity index is 836. The van der Waals surface area contributed by atoms with E-state index >= 15 is 0 Å². The zero-order chi connectivity index (χ0) is 21.5. The number of piperidine rings is 1. The van der Waals surface area contributed by atoms with Gasteiger partial charge >= 0.3 is 0 Å². The van der Waals surface area contributed by atoms with Crippen LogP contribution in [0.25, 0.3) is 0 Å². The molecule has 3 rings (SSSR count). The molecule has 2 aromatic rings. The second-order valence-corrected chi connectivity index (χ2v) is 7.98. The number of halogens is 1. The number of nitrogens with zero attached hydrogens (tertiary/aromatic N) is 2. The average Bonchev–Trinajstić information content (AvgIpc) is 2.79. The molecule has 0 atom stereocenters. The number of amides is 1. The van der Waals surface area contributed by atoms with Gasteiger partial charge in [0.05, 0.1) is 19.2 Å². The van der Waals surface area contributed by atoms with Gasteiger partial charge in [0.2, 0.25) is 5.91 Å². The molecular weight excluding hydrogens is 400 g/mol. The lowest BCUT2D eigenvalue weighted by Crippen LogP contribution is -2.47. The Kier molecular flexibility index (Phi) is 8.00. The zero-order valence-corrected chi connectivity index (χ0v) is 18.8. The molecule has 1 amide bonds. The molecule has 0 spiro atoms. The van der Waals surface area contributed by atoms with Gasteiger partial charge in [0, 0.05) is 43.9 Å². The highest BCUT2D eigenvalue weighted by Crippen LogP contribution is 2.33. The van der Waals surface area contributed by atoms with Crippen molar-refractivity contribution in [2.75, 3.05) is 38.8 Å². The van der Waals surface area contributed by atoms with Crippen molar-refractivity contribution in [2.45, 2.75) is 38.6 Å². The van der Waals surface area contributed by atoms with Gasteiger partial charge in [-0.05, 0) is 43.0 Å². The summed E-state index contributed by atoms with van der Waals surface area (Å²) in [5.41, 5.74) is 2.09. The molecule has 1 aliphatic heterocycles. The number of hydrogen-bond acceptors (Lipinski definition) is 4. The number of methoxy groups -OCH3 is 2. The number of hydrogen-bond donors (Lipinski definition) is 0. The Morgan fingerprint density at radius 3 is 2.37 bits per heavy atom. The number of anilines is 1. The largest absolute Gasteiger partial charge is 0.496 e. The van der Waals surface area contributed by atoms with Crippen molar-refractivity contribution in [3.05, 3.63) is 53.1 Å². The van der Waals surface area contributed by atoms with E-state index in [0.717, 1.165) is 55.9 Å². The van der Waals surface area contributed by atoms with Crippen LogP contribution < -0.4 is 14.4 Å². The van der Waals surface area contributed by atoms with Crippen LogP contribution in [0, 0.1) is 0 Å². The first-order valence-corrected chi connectivity index (χ1v) is 10.9. The molecule has 0 aromatic heterocycles. The first-order valence-electron chi connectivity index (χ1n) is 10.6. The predicted octanol–water partition coefficient (Wildman–Crippen LogP) is 4.81. The zero-order valence-electron chi connectivity index (χ0n) is 18.1. The molecule has 2 aromatic carbocycles. The van der Waals surface area contributed by atoms with Crippen molar-refractivity contribution < 1.29 is 14.3 Å². The molecule has 1 aliphatic rings. The number of ether oxygens (including phenoxy) is 2. The van der Waals surface area contributed by atoms with Crippen LogP contribution in [0.4, 0.5) is 5.69 Å². The third kappa shape index (κ3) is 5.27. The van der Waals surface area contributed by atoms with Crippen molar-refractivity contribution in [3.63, 3.8) is 0 Å². The molecule has 0 N–H and O–H groups in total. The molecule has 5 nitrogen and oxygen atoms in total. The van der Waals surface area contributed by atoms with Crippen LogP contribution in [0.2, 0.25) is 5.02 Å². The van der Waals surface area contributed by atoms with Gasteiger partial charge in [-0.2, -0.15) is 0 Å². The maximum Gasteiger partial charge on any atom is 0.226 e. The molecule has 0 radical (unpaired) electrons. The van der Waals surface area contributed by atoms with E-state index in [9.17, 15) is 4.79 Å². The molecule has 1 saturated heterocycles. The van der Waals surface area contributed by atoms with Crippen LogP contribution in [0.3, 0.4) is 0 Å². The average molecular weight is 431 g/mol. The van der Waals surface area contributed by atoms with Gasteiger partial charge in [-0.15, -0.1) is 0 Å². The topological polar surface area (TPSA) is 42.0 Å². The standard InChI is InChI=1S/C24H31ClN2O3/c1-4-24(28)27(19-8-6-5-7-9-19)20-11-14-26(15-12-20)13-10-18-16-23(30-3)21(25)17-22(18)29-2/h5-9,16-17,20H,4,10-15H2,1-3H3. The van der Waals surface area contributed by atoms with E-state index in [1.54, 1.807) is 14.2 Å². The van der Waals surface area contributed by atoms with Crippen LogP contribution in [-0.2, 0) is 11.2 Å². The van der Waals surface area contributed by atoms with Gasteiger partial charge in [-0.3, -0.25) is 4.79 Å². The lowest BCUT2D eigenvalue weighted by atomic mass is 10.0. The van der Waals surface area contributed by atoms with E-state index in [0.29, 0.717) is 17.2 Å². The molecule has 6 heteroatoms. The number of benzene rings is 2. The summed E-state index contributed by atoms with van der Waals surface area (Å²) in [6, 6.07) is 14.1. The number of carbonyl (C=O) groups excluding carboxylic acids is 1. The number of carbonyl (C=O) groups is 1.